The fourth-order valence-electron chi connectivity index (χ4n) is 1.29. The van der Waals surface area contributed by atoms with Crippen LogP contribution in [0.2, 0.25) is 0 Å². The number of nitrogens with two attached hydrogens (primary N) is 1. The highest BCUT2D eigenvalue weighted by atomic mass is 32.2. The Hall–Kier alpha value is -1.31. The lowest BCUT2D eigenvalue weighted by Crippen LogP contribution is -2.10. The van der Waals surface area contributed by atoms with Crippen LogP contribution in [0.25, 0.3) is 5.65 Å². The molecule has 0 aliphatic heterocycles. The van der Waals surface area contributed by atoms with Gasteiger partial charge in [-0.1, -0.05) is 0 Å². The van der Waals surface area contributed by atoms with E-state index >= 15 is 0 Å². The molecule has 16 heavy (non-hydrogen) atoms. The third kappa shape index (κ3) is 2.26. The van der Waals surface area contributed by atoms with E-state index in [1.54, 1.807) is 31.3 Å². The summed E-state index contributed by atoms with van der Waals surface area (Å²) < 4.78 is 6.88. The molecule has 2 aromatic rings. The van der Waals surface area contributed by atoms with Crippen LogP contribution in [0.15, 0.2) is 23.6 Å². The molecule has 0 aliphatic carbocycles. The summed E-state index contributed by atoms with van der Waals surface area (Å²) in [5, 5.41) is 0.845. The number of hydrazine groups is 1. The smallest absolute Gasteiger partial charge is 0.169 e. The molecule has 0 unspecified atom stereocenters. The van der Waals surface area contributed by atoms with Gasteiger partial charge < -0.3 is 14.6 Å². The van der Waals surface area contributed by atoms with Crippen molar-refractivity contribution in [3.63, 3.8) is 0 Å². The standard InChI is InChI=1S/C9H13N5OS/c1-15-4-5-16-9-8-11-2-3-14(8)6-7(12-9)13-10/h2-3,6,13H,4-5,10H2,1H3. The number of aromatic nitrogens is 3. The van der Waals surface area contributed by atoms with Crippen molar-refractivity contribution in [2.75, 3.05) is 24.9 Å². The van der Waals surface area contributed by atoms with Crippen LogP contribution in [-0.2, 0) is 4.74 Å². The van der Waals surface area contributed by atoms with Crippen LogP contribution in [0.1, 0.15) is 0 Å². The molecular formula is C9H13N5OS. The van der Waals surface area contributed by atoms with Crippen LogP contribution in [0, 0.1) is 0 Å². The number of methoxy groups -OCH3 is 1. The number of fused-ring (bicyclic) bond motifs is 1. The predicted octanol–water partition coefficient (Wildman–Crippen LogP) is 0.753. The van der Waals surface area contributed by atoms with E-state index in [1.807, 2.05) is 10.6 Å². The topological polar surface area (TPSA) is 77.5 Å². The Morgan fingerprint density at radius 1 is 1.62 bits per heavy atom. The number of thioether (sulfide) groups is 1. The normalized spacial score (nSPS) is 10.9. The number of hydrogen-bond donors (Lipinski definition) is 2. The van der Waals surface area contributed by atoms with Gasteiger partial charge in [-0.2, -0.15) is 0 Å². The van der Waals surface area contributed by atoms with Crippen LogP contribution >= 0.6 is 11.8 Å². The van der Waals surface area contributed by atoms with Gasteiger partial charge in [-0.3, -0.25) is 0 Å². The zero-order valence-corrected chi connectivity index (χ0v) is 9.70. The first-order chi connectivity index (χ1) is 7.85. The van der Waals surface area contributed by atoms with Gasteiger partial charge >= 0.3 is 0 Å². The maximum atomic E-state index is 5.35. The van der Waals surface area contributed by atoms with Crippen LogP contribution in [-0.4, -0.2) is 33.8 Å². The summed E-state index contributed by atoms with van der Waals surface area (Å²) >= 11 is 1.59. The monoisotopic (exact) mass is 239 g/mol. The Morgan fingerprint density at radius 2 is 2.50 bits per heavy atom. The Bertz CT molecular complexity index is 472. The first-order valence-electron chi connectivity index (χ1n) is 4.77. The summed E-state index contributed by atoms with van der Waals surface area (Å²) in [6.45, 7) is 0.680. The van der Waals surface area contributed by atoms with Crippen LogP contribution < -0.4 is 11.3 Å². The molecule has 0 aliphatic rings. The first kappa shape index (κ1) is 11.2. The van der Waals surface area contributed by atoms with Crippen molar-refractivity contribution in [3.05, 3.63) is 18.6 Å². The molecule has 2 heterocycles. The van der Waals surface area contributed by atoms with E-state index in [2.05, 4.69) is 15.4 Å². The fraction of sp³-hybridized carbons (Fsp3) is 0.333. The third-order valence-electron chi connectivity index (χ3n) is 2.02. The summed E-state index contributed by atoms with van der Waals surface area (Å²) in [5.41, 5.74) is 3.37. The van der Waals surface area contributed by atoms with E-state index in [1.165, 1.54) is 0 Å². The highest BCUT2D eigenvalue weighted by Crippen LogP contribution is 2.21. The molecule has 6 nitrogen and oxygen atoms in total. The number of anilines is 1. The Balaban J connectivity index is 2.29. The number of imidazole rings is 1. The van der Waals surface area contributed by atoms with Gasteiger partial charge in [0.2, 0.25) is 0 Å². The Kier molecular flexibility index (Phi) is 3.60. The van der Waals surface area contributed by atoms with Crippen molar-refractivity contribution in [1.29, 1.82) is 0 Å². The van der Waals surface area contributed by atoms with E-state index in [-0.39, 0.29) is 0 Å². The number of nitrogen functional groups attached to an aromatic ring is 1. The average molecular weight is 239 g/mol. The molecule has 2 rings (SSSR count). The minimum absolute atomic E-state index is 0.616. The second kappa shape index (κ2) is 5.15. The summed E-state index contributed by atoms with van der Waals surface area (Å²) in [7, 11) is 1.68. The molecule has 2 aromatic heterocycles. The van der Waals surface area contributed by atoms with Gasteiger partial charge in [0.05, 0.1) is 12.8 Å². The second-order valence-electron chi connectivity index (χ2n) is 3.08. The van der Waals surface area contributed by atoms with E-state index in [9.17, 15) is 0 Å². The molecule has 0 fully saturated rings. The van der Waals surface area contributed by atoms with Crippen molar-refractivity contribution < 1.29 is 4.74 Å². The fourth-order valence-corrected chi connectivity index (χ4v) is 2.18. The number of rotatable bonds is 5. The van der Waals surface area contributed by atoms with Crippen LogP contribution in [0.5, 0.6) is 0 Å². The lowest BCUT2D eigenvalue weighted by molar-refractivity contribution is 0.218. The molecule has 0 radical (unpaired) electrons. The molecule has 0 spiro atoms. The number of ether oxygens (including phenoxy) is 1. The highest BCUT2D eigenvalue weighted by molar-refractivity contribution is 7.99. The van der Waals surface area contributed by atoms with Gasteiger partial charge in [0.1, 0.15) is 5.03 Å². The molecule has 0 saturated carbocycles. The number of nitrogens with one attached hydrogen (secondary N) is 1. The van der Waals surface area contributed by atoms with Crippen molar-refractivity contribution in [3.8, 4) is 0 Å². The lowest BCUT2D eigenvalue weighted by atomic mass is 10.6. The molecule has 7 heteroatoms. The van der Waals surface area contributed by atoms with Gasteiger partial charge in [-0.25, -0.2) is 15.8 Å². The molecule has 86 valence electrons. The van der Waals surface area contributed by atoms with Crippen LogP contribution in [0.3, 0.4) is 0 Å². The van der Waals surface area contributed by atoms with E-state index in [0.717, 1.165) is 16.4 Å². The summed E-state index contributed by atoms with van der Waals surface area (Å²) in [5.74, 6) is 6.80. The molecule has 0 saturated heterocycles. The van der Waals surface area contributed by atoms with Gasteiger partial charge in [0.15, 0.2) is 11.5 Å². The van der Waals surface area contributed by atoms with Gasteiger partial charge in [0.25, 0.3) is 0 Å². The van der Waals surface area contributed by atoms with Gasteiger partial charge in [0, 0.05) is 25.3 Å². The SMILES string of the molecule is COCCSc1nc(NN)cn2ccnc12. The number of nitrogens with zero attached hydrogens (tertiary/aromatic N) is 3. The molecular weight excluding hydrogens is 226 g/mol. The molecule has 0 atom stereocenters. The minimum atomic E-state index is 0.616. The second-order valence-corrected chi connectivity index (χ2v) is 4.16. The largest absolute Gasteiger partial charge is 0.384 e. The maximum Gasteiger partial charge on any atom is 0.169 e. The van der Waals surface area contributed by atoms with Crippen molar-refractivity contribution >= 4 is 23.2 Å². The first-order valence-corrected chi connectivity index (χ1v) is 5.76. The molecule has 0 amide bonds. The Morgan fingerprint density at radius 3 is 3.25 bits per heavy atom. The van der Waals surface area contributed by atoms with Crippen molar-refractivity contribution in [2.45, 2.75) is 5.03 Å². The molecule has 0 bridgehead atoms. The molecule has 0 aromatic carbocycles. The third-order valence-corrected chi connectivity index (χ3v) is 2.94. The lowest BCUT2D eigenvalue weighted by Gasteiger charge is -2.05. The van der Waals surface area contributed by atoms with Crippen LogP contribution in [0.4, 0.5) is 5.82 Å². The van der Waals surface area contributed by atoms with Gasteiger partial charge in [-0.05, 0) is 0 Å². The zero-order chi connectivity index (χ0) is 11.4. The van der Waals surface area contributed by atoms with E-state index < -0.39 is 0 Å². The van der Waals surface area contributed by atoms with Crippen molar-refractivity contribution in [2.24, 2.45) is 5.84 Å². The zero-order valence-electron chi connectivity index (χ0n) is 8.88. The minimum Gasteiger partial charge on any atom is -0.384 e. The quantitative estimate of drug-likeness (QED) is 0.347. The summed E-state index contributed by atoms with van der Waals surface area (Å²) in [6.07, 6.45) is 5.39. The predicted molar refractivity (Wildman–Crippen MR) is 63.4 cm³/mol. The van der Waals surface area contributed by atoms with Gasteiger partial charge in [-0.15, -0.1) is 11.8 Å². The molecule has 3 N–H and O–H groups in total. The van der Waals surface area contributed by atoms with E-state index in [4.69, 9.17) is 10.6 Å². The average Bonchev–Trinajstić information content (AvgIpc) is 2.77. The number of hydrogen-bond acceptors (Lipinski definition) is 6. The summed E-state index contributed by atoms with van der Waals surface area (Å²) in [4.78, 5) is 8.59. The highest BCUT2D eigenvalue weighted by Gasteiger charge is 2.07. The summed E-state index contributed by atoms with van der Waals surface area (Å²) in [6, 6.07) is 0. The maximum absolute atomic E-state index is 5.35. The van der Waals surface area contributed by atoms with Crippen molar-refractivity contribution in [1.82, 2.24) is 14.4 Å². The van der Waals surface area contributed by atoms with E-state index in [0.29, 0.717) is 12.4 Å². The Labute approximate surface area is 97.2 Å².